The molecule has 14 heavy (non-hydrogen) atoms. The molecule has 0 amide bonds. The Balaban J connectivity index is 2.88. The van der Waals surface area contributed by atoms with Crippen LogP contribution in [-0.2, 0) is 4.79 Å². The number of carbonyl (C=O) groups is 1. The number of carbonyl (C=O) groups excluding carboxylic acids is 1. The van der Waals surface area contributed by atoms with Crippen LogP contribution in [0.4, 0.5) is 0 Å². The first-order valence-corrected chi connectivity index (χ1v) is 5.17. The van der Waals surface area contributed by atoms with E-state index in [-0.39, 0.29) is 5.78 Å². The normalized spacial score (nSPS) is 32.0. The molecule has 0 heterocycles. The second-order valence-electron chi connectivity index (χ2n) is 4.09. The van der Waals surface area contributed by atoms with E-state index in [4.69, 9.17) is 0 Å². The summed E-state index contributed by atoms with van der Waals surface area (Å²) in [5.74, 6) is 0.0937. The van der Waals surface area contributed by atoms with Crippen LogP contribution in [0.3, 0.4) is 0 Å². The number of Topliss-reactive ketones (excluding diaryl/α,β-unsaturated/α-hetero) is 1. The smallest absolute Gasteiger partial charge is 0.138 e. The van der Waals surface area contributed by atoms with Crippen molar-refractivity contribution in [3.8, 4) is 0 Å². The van der Waals surface area contributed by atoms with E-state index in [0.29, 0.717) is 6.42 Å². The molecule has 2 nitrogen and oxygen atoms in total. The van der Waals surface area contributed by atoms with Gasteiger partial charge in [0.2, 0.25) is 0 Å². The van der Waals surface area contributed by atoms with Crippen LogP contribution in [-0.4, -0.2) is 17.0 Å². The van der Waals surface area contributed by atoms with Crippen molar-refractivity contribution in [3.63, 3.8) is 0 Å². The number of allylic oxidation sites excluding steroid dienone is 1. The fourth-order valence-corrected chi connectivity index (χ4v) is 2.27. The van der Waals surface area contributed by atoms with Crippen molar-refractivity contribution in [3.05, 3.63) is 18.4 Å². The van der Waals surface area contributed by atoms with Gasteiger partial charge in [-0.1, -0.05) is 19.4 Å². The second kappa shape index (κ2) is 4.59. The van der Waals surface area contributed by atoms with Gasteiger partial charge in [-0.05, 0) is 32.3 Å². The Hall–Kier alpha value is -0.850. The quantitative estimate of drug-likeness (QED) is 0.699. The SMILES string of the molecule is C=C=CC[C@]1(C(C)=O)CCCC[C@H]1O. The molecule has 0 aromatic carbocycles. The molecule has 0 aliphatic heterocycles. The molecule has 0 unspecified atom stereocenters. The first-order valence-electron chi connectivity index (χ1n) is 5.17. The van der Waals surface area contributed by atoms with Gasteiger partial charge in [0.1, 0.15) is 5.78 Å². The molecule has 0 saturated heterocycles. The molecule has 0 radical (unpaired) electrons. The predicted molar refractivity (Wildman–Crippen MR) is 55.9 cm³/mol. The summed E-state index contributed by atoms with van der Waals surface area (Å²) in [7, 11) is 0. The maximum Gasteiger partial charge on any atom is 0.138 e. The number of hydrogen-bond acceptors (Lipinski definition) is 2. The lowest BCUT2D eigenvalue weighted by Crippen LogP contribution is -2.43. The van der Waals surface area contributed by atoms with Crippen LogP contribution in [0.2, 0.25) is 0 Å². The van der Waals surface area contributed by atoms with Crippen LogP contribution >= 0.6 is 0 Å². The monoisotopic (exact) mass is 194 g/mol. The lowest BCUT2D eigenvalue weighted by Gasteiger charge is -2.38. The highest BCUT2D eigenvalue weighted by molar-refractivity contribution is 5.83. The topological polar surface area (TPSA) is 37.3 Å². The summed E-state index contributed by atoms with van der Waals surface area (Å²) in [5.41, 5.74) is 2.12. The van der Waals surface area contributed by atoms with Crippen molar-refractivity contribution < 1.29 is 9.90 Å². The molecule has 1 aliphatic carbocycles. The highest BCUT2D eigenvalue weighted by Crippen LogP contribution is 2.40. The maximum absolute atomic E-state index is 11.6. The fraction of sp³-hybridized carbons (Fsp3) is 0.667. The van der Waals surface area contributed by atoms with Gasteiger partial charge >= 0.3 is 0 Å². The summed E-state index contributed by atoms with van der Waals surface area (Å²) in [4.78, 5) is 11.6. The fourth-order valence-electron chi connectivity index (χ4n) is 2.27. The van der Waals surface area contributed by atoms with Crippen LogP contribution in [0.15, 0.2) is 18.4 Å². The Bertz CT molecular complexity index is 263. The van der Waals surface area contributed by atoms with E-state index in [1.165, 1.54) is 0 Å². The Morgan fingerprint density at radius 1 is 1.71 bits per heavy atom. The average molecular weight is 194 g/mol. The van der Waals surface area contributed by atoms with Crippen molar-refractivity contribution in [1.82, 2.24) is 0 Å². The van der Waals surface area contributed by atoms with Crippen LogP contribution in [0.25, 0.3) is 0 Å². The predicted octanol–water partition coefficient (Wildman–Crippen LogP) is 2.23. The number of hydrogen-bond donors (Lipinski definition) is 1. The van der Waals surface area contributed by atoms with Gasteiger partial charge in [-0.25, -0.2) is 0 Å². The van der Waals surface area contributed by atoms with Crippen molar-refractivity contribution in [2.75, 3.05) is 0 Å². The Kier molecular flexibility index (Phi) is 3.68. The average Bonchev–Trinajstić information content (AvgIpc) is 2.16. The van der Waals surface area contributed by atoms with Gasteiger partial charge in [-0.15, -0.1) is 5.73 Å². The van der Waals surface area contributed by atoms with Crippen LogP contribution < -0.4 is 0 Å². The standard InChI is InChI=1S/C12H18O2/c1-3-4-8-12(10(2)13)9-6-5-7-11(12)14/h4,11,14H,1,5-9H2,2H3/t11-,12-/m1/s1. The highest BCUT2D eigenvalue weighted by atomic mass is 16.3. The van der Waals surface area contributed by atoms with E-state index in [9.17, 15) is 9.90 Å². The molecule has 1 rings (SSSR count). The molecule has 2 atom stereocenters. The number of aliphatic hydroxyl groups is 1. The minimum atomic E-state index is -0.553. The summed E-state index contributed by atoms with van der Waals surface area (Å²) in [6.07, 6.45) is 5.43. The minimum Gasteiger partial charge on any atom is -0.392 e. The molecule has 0 bridgehead atoms. The zero-order valence-electron chi connectivity index (χ0n) is 8.75. The maximum atomic E-state index is 11.6. The third kappa shape index (κ3) is 1.97. The van der Waals surface area contributed by atoms with Crippen molar-refractivity contribution in [1.29, 1.82) is 0 Å². The zero-order chi connectivity index (χ0) is 10.6. The van der Waals surface area contributed by atoms with Gasteiger partial charge in [0.25, 0.3) is 0 Å². The van der Waals surface area contributed by atoms with Crippen molar-refractivity contribution in [2.24, 2.45) is 5.41 Å². The van der Waals surface area contributed by atoms with Gasteiger partial charge < -0.3 is 5.11 Å². The van der Waals surface area contributed by atoms with Crippen LogP contribution in [0, 0.1) is 5.41 Å². The number of aliphatic hydroxyl groups excluding tert-OH is 1. The Morgan fingerprint density at radius 2 is 2.43 bits per heavy atom. The summed E-state index contributed by atoms with van der Waals surface area (Å²) in [5, 5.41) is 9.93. The number of ketones is 1. The van der Waals surface area contributed by atoms with Gasteiger partial charge in [0.15, 0.2) is 0 Å². The van der Waals surface area contributed by atoms with Gasteiger partial charge in [-0.3, -0.25) is 4.79 Å². The van der Waals surface area contributed by atoms with E-state index in [2.05, 4.69) is 12.3 Å². The Labute approximate surface area is 85.3 Å². The van der Waals surface area contributed by atoms with E-state index < -0.39 is 11.5 Å². The molecule has 0 spiro atoms. The lowest BCUT2D eigenvalue weighted by molar-refractivity contribution is -0.136. The summed E-state index contributed by atoms with van der Waals surface area (Å²) >= 11 is 0. The zero-order valence-corrected chi connectivity index (χ0v) is 8.75. The van der Waals surface area contributed by atoms with E-state index in [1.807, 2.05) is 0 Å². The van der Waals surface area contributed by atoms with Crippen molar-refractivity contribution in [2.45, 2.75) is 45.1 Å². The molecule has 0 aromatic rings. The van der Waals surface area contributed by atoms with E-state index in [1.54, 1.807) is 13.0 Å². The highest BCUT2D eigenvalue weighted by Gasteiger charge is 2.42. The Morgan fingerprint density at radius 3 is 2.93 bits per heavy atom. The first kappa shape index (κ1) is 11.2. The third-order valence-electron chi connectivity index (χ3n) is 3.30. The van der Waals surface area contributed by atoms with Crippen molar-refractivity contribution >= 4 is 5.78 Å². The molecule has 1 saturated carbocycles. The first-order chi connectivity index (χ1) is 6.63. The van der Waals surface area contributed by atoms with Crippen LogP contribution in [0.5, 0.6) is 0 Å². The molecular weight excluding hydrogens is 176 g/mol. The summed E-state index contributed by atoms with van der Waals surface area (Å²) in [6, 6.07) is 0. The molecule has 1 N–H and O–H groups in total. The second-order valence-corrected chi connectivity index (χ2v) is 4.09. The van der Waals surface area contributed by atoms with E-state index in [0.717, 1.165) is 25.7 Å². The lowest BCUT2D eigenvalue weighted by atomic mass is 9.67. The minimum absolute atomic E-state index is 0.0937. The van der Waals surface area contributed by atoms with Gasteiger partial charge in [-0.2, -0.15) is 0 Å². The molecule has 1 fully saturated rings. The molecule has 1 aliphatic rings. The molecule has 0 aromatic heterocycles. The van der Waals surface area contributed by atoms with Gasteiger partial charge in [0, 0.05) is 0 Å². The third-order valence-corrected chi connectivity index (χ3v) is 3.30. The molecule has 78 valence electrons. The summed E-state index contributed by atoms with van der Waals surface area (Å²) < 4.78 is 0. The largest absolute Gasteiger partial charge is 0.392 e. The van der Waals surface area contributed by atoms with Gasteiger partial charge in [0.05, 0.1) is 11.5 Å². The molecule has 2 heteroatoms. The molecular formula is C12H18O2. The van der Waals surface area contributed by atoms with Crippen LogP contribution in [0.1, 0.15) is 39.0 Å². The summed E-state index contributed by atoms with van der Waals surface area (Å²) in [6.45, 7) is 5.06. The number of rotatable bonds is 3. The van der Waals surface area contributed by atoms with E-state index >= 15 is 0 Å².